The number of hydrogen-bond donors (Lipinski definition) is 4. The number of aliphatic hydroxyl groups excluding tert-OH is 2. The van der Waals surface area contributed by atoms with Gasteiger partial charge in [-0.15, -0.1) is 0 Å². The maximum absolute atomic E-state index is 11.7. The third-order valence-electron chi connectivity index (χ3n) is 5.42. The van der Waals surface area contributed by atoms with E-state index < -0.39 is 38.0 Å². The molecule has 4 N–H and O–H groups in total. The summed E-state index contributed by atoms with van der Waals surface area (Å²) >= 11 is 0. The number of benzene rings is 1. The van der Waals surface area contributed by atoms with Crippen LogP contribution in [0.25, 0.3) is 11.2 Å². The molecule has 14 heteroatoms. The molecule has 1 aliphatic rings. The first-order valence-corrected chi connectivity index (χ1v) is 11.4. The molecule has 0 spiro atoms. The van der Waals surface area contributed by atoms with E-state index in [4.69, 9.17) is 14.7 Å². The second-order valence-electron chi connectivity index (χ2n) is 7.43. The lowest BCUT2D eigenvalue weighted by Gasteiger charge is -2.24. The molecule has 0 aliphatic carbocycles. The van der Waals surface area contributed by atoms with Crippen LogP contribution in [0, 0.1) is 11.3 Å². The van der Waals surface area contributed by atoms with Gasteiger partial charge in [-0.3, -0.25) is 9.13 Å². The molecule has 0 saturated carbocycles. The van der Waals surface area contributed by atoms with Gasteiger partial charge >= 0.3 is 7.60 Å². The number of nitrogens with zero attached hydrogens (tertiary/aromatic N) is 6. The van der Waals surface area contributed by atoms with Crippen LogP contribution < -0.4 is 4.90 Å². The number of ether oxygens (including phenoxy) is 2. The van der Waals surface area contributed by atoms with Gasteiger partial charge in [-0.05, 0) is 18.2 Å². The molecular weight excluding hydrogens is 455 g/mol. The first-order valence-electron chi connectivity index (χ1n) is 9.68. The summed E-state index contributed by atoms with van der Waals surface area (Å²) in [7, 11) is -1.99. The zero-order chi connectivity index (χ0) is 23.9. The van der Waals surface area contributed by atoms with Crippen LogP contribution in [0.3, 0.4) is 0 Å². The number of hydrogen-bond acceptors (Lipinski definition) is 10. The van der Waals surface area contributed by atoms with E-state index in [-0.39, 0.29) is 5.65 Å². The van der Waals surface area contributed by atoms with Gasteiger partial charge in [0.25, 0.3) is 0 Å². The van der Waals surface area contributed by atoms with E-state index in [1.807, 2.05) is 0 Å². The Kier molecular flexibility index (Phi) is 6.17. The SMILES string of the molecule is COC([C@@H]1O[C@@H](n2cnc3c(N(C)c4cccc(C#N)c4)ncnc32)[C@H](O)[C@@H]1O)P(=O)(O)O. The maximum atomic E-state index is 11.7. The molecule has 4 rings (SSSR count). The van der Waals surface area contributed by atoms with Gasteiger partial charge in [0.2, 0.25) is 0 Å². The van der Waals surface area contributed by atoms with Crippen LogP contribution in [-0.4, -0.2) is 77.8 Å². The summed E-state index contributed by atoms with van der Waals surface area (Å²) in [5, 5.41) is 30.1. The van der Waals surface area contributed by atoms with E-state index in [1.165, 1.54) is 17.2 Å². The highest BCUT2D eigenvalue weighted by atomic mass is 31.2. The fourth-order valence-electron chi connectivity index (χ4n) is 3.79. The molecule has 1 fully saturated rings. The van der Waals surface area contributed by atoms with Gasteiger partial charge in [-0.2, -0.15) is 5.26 Å². The predicted octanol–water partition coefficient (Wildman–Crippen LogP) is 0.235. The van der Waals surface area contributed by atoms with Crippen molar-refractivity contribution in [3.63, 3.8) is 0 Å². The van der Waals surface area contributed by atoms with Gasteiger partial charge in [0.05, 0.1) is 18.0 Å². The zero-order valence-corrected chi connectivity index (χ0v) is 18.4. The van der Waals surface area contributed by atoms with E-state index in [9.17, 15) is 24.6 Å². The van der Waals surface area contributed by atoms with Gasteiger partial charge < -0.3 is 34.4 Å². The van der Waals surface area contributed by atoms with Gasteiger partial charge in [0.1, 0.15) is 24.6 Å². The van der Waals surface area contributed by atoms with E-state index in [2.05, 4.69) is 21.0 Å². The van der Waals surface area contributed by atoms with Crippen molar-refractivity contribution in [2.75, 3.05) is 19.1 Å². The van der Waals surface area contributed by atoms with E-state index in [0.29, 0.717) is 22.6 Å². The fraction of sp³-hybridized carbons (Fsp3) is 0.368. The second-order valence-corrected chi connectivity index (χ2v) is 9.12. The van der Waals surface area contributed by atoms with Crippen LogP contribution in [0.1, 0.15) is 11.8 Å². The Bertz CT molecular complexity index is 1260. The molecule has 1 aliphatic heterocycles. The second kappa shape index (κ2) is 8.77. The Hall–Kier alpha value is -2.95. The van der Waals surface area contributed by atoms with Crippen LogP contribution >= 0.6 is 7.60 Å². The normalized spacial score (nSPS) is 24.0. The van der Waals surface area contributed by atoms with Gasteiger partial charge in [-0.25, -0.2) is 15.0 Å². The Balaban J connectivity index is 1.71. The fourth-order valence-corrected chi connectivity index (χ4v) is 4.70. The highest BCUT2D eigenvalue weighted by Crippen LogP contribution is 2.48. The van der Waals surface area contributed by atoms with Crippen molar-refractivity contribution in [2.24, 2.45) is 0 Å². The Morgan fingerprint density at radius 2 is 2.03 bits per heavy atom. The number of rotatable bonds is 6. The first-order chi connectivity index (χ1) is 15.7. The third kappa shape index (κ3) is 4.09. The van der Waals surface area contributed by atoms with Crippen LogP contribution in [0.4, 0.5) is 11.5 Å². The maximum Gasteiger partial charge on any atom is 0.356 e. The summed E-state index contributed by atoms with van der Waals surface area (Å²) in [4.78, 5) is 33.6. The molecule has 33 heavy (non-hydrogen) atoms. The summed E-state index contributed by atoms with van der Waals surface area (Å²) in [6.07, 6.45) is -3.31. The molecule has 3 aromatic rings. The standard InChI is InChI=1S/C19H21N6O7P/c1-24(11-5-3-4-10(6-11)7-20)16-12-17(22-8-21-16)25(9-23-12)18-14(27)13(26)15(32-18)19(31-2)33(28,29)30/h3-6,8-9,13-15,18-19,26-27H,1-2H3,(H2,28,29,30)/t13-,14+,15+,18+,19?/m0/s1. The predicted molar refractivity (Wildman–Crippen MR) is 113 cm³/mol. The minimum atomic E-state index is -4.80. The molecule has 1 saturated heterocycles. The quantitative estimate of drug-likeness (QED) is 0.355. The van der Waals surface area contributed by atoms with E-state index in [1.54, 1.807) is 36.2 Å². The van der Waals surface area contributed by atoms with Crippen LogP contribution in [0.2, 0.25) is 0 Å². The van der Waals surface area contributed by atoms with Crippen molar-refractivity contribution >= 4 is 30.3 Å². The van der Waals surface area contributed by atoms with Crippen LogP contribution in [-0.2, 0) is 14.0 Å². The molecule has 0 amide bonds. The molecule has 13 nitrogen and oxygen atoms in total. The number of nitriles is 1. The van der Waals surface area contributed by atoms with Crippen molar-refractivity contribution in [3.05, 3.63) is 42.5 Å². The summed E-state index contributed by atoms with van der Waals surface area (Å²) < 4.78 is 23.6. The average Bonchev–Trinajstić information content (AvgIpc) is 3.34. The molecule has 1 unspecified atom stereocenters. The van der Waals surface area contributed by atoms with Gasteiger partial charge in [0, 0.05) is 19.8 Å². The number of aromatic nitrogens is 4. The third-order valence-corrected chi connectivity index (χ3v) is 6.59. The average molecular weight is 476 g/mol. The topological polar surface area (TPSA) is 187 Å². The minimum absolute atomic E-state index is 0.255. The van der Waals surface area contributed by atoms with Crippen molar-refractivity contribution < 1.29 is 34.0 Å². The minimum Gasteiger partial charge on any atom is -0.387 e. The lowest BCUT2D eigenvalue weighted by atomic mass is 10.1. The van der Waals surface area contributed by atoms with Crippen molar-refractivity contribution in [1.82, 2.24) is 19.5 Å². The molecule has 0 bridgehead atoms. The first kappa shape index (κ1) is 23.2. The molecule has 0 radical (unpaired) electrons. The zero-order valence-electron chi connectivity index (χ0n) is 17.5. The lowest BCUT2D eigenvalue weighted by Crippen LogP contribution is -2.39. The van der Waals surface area contributed by atoms with E-state index in [0.717, 1.165) is 7.11 Å². The number of aliphatic hydroxyl groups is 2. The van der Waals surface area contributed by atoms with Gasteiger partial charge in [0.15, 0.2) is 29.1 Å². The summed E-state index contributed by atoms with van der Waals surface area (Å²) in [6.45, 7) is 0. The van der Waals surface area contributed by atoms with Crippen LogP contribution in [0.15, 0.2) is 36.9 Å². The number of fused-ring (bicyclic) bond motifs is 1. The summed E-state index contributed by atoms with van der Waals surface area (Å²) in [5.41, 5.74) is 1.75. The number of imidazole rings is 1. The monoisotopic (exact) mass is 476 g/mol. The number of methoxy groups -OCH3 is 1. The van der Waals surface area contributed by atoms with Crippen molar-refractivity contribution in [3.8, 4) is 6.07 Å². The molecular formula is C19H21N6O7P. The molecule has 5 atom stereocenters. The summed E-state index contributed by atoms with van der Waals surface area (Å²) in [5.74, 6) is -1.37. The smallest absolute Gasteiger partial charge is 0.356 e. The summed E-state index contributed by atoms with van der Waals surface area (Å²) in [6, 6.07) is 8.96. The molecule has 3 heterocycles. The highest BCUT2D eigenvalue weighted by Gasteiger charge is 2.52. The van der Waals surface area contributed by atoms with E-state index >= 15 is 0 Å². The van der Waals surface area contributed by atoms with Crippen molar-refractivity contribution in [1.29, 1.82) is 5.26 Å². The highest BCUT2D eigenvalue weighted by molar-refractivity contribution is 7.52. The Morgan fingerprint density at radius 1 is 1.27 bits per heavy atom. The lowest BCUT2D eigenvalue weighted by molar-refractivity contribution is -0.0761. The van der Waals surface area contributed by atoms with Gasteiger partial charge in [-0.1, -0.05) is 6.07 Å². The molecule has 2 aromatic heterocycles. The molecule has 174 valence electrons. The Labute approximate surface area is 187 Å². The van der Waals surface area contributed by atoms with Crippen LogP contribution in [0.5, 0.6) is 0 Å². The Morgan fingerprint density at radius 3 is 2.70 bits per heavy atom. The largest absolute Gasteiger partial charge is 0.387 e. The number of anilines is 2. The van der Waals surface area contributed by atoms with Crippen molar-refractivity contribution in [2.45, 2.75) is 30.4 Å². The molecule has 1 aromatic carbocycles.